The van der Waals surface area contributed by atoms with Gasteiger partial charge in [0.1, 0.15) is 0 Å². The van der Waals surface area contributed by atoms with Gasteiger partial charge in [-0.3, -0.25) is 0 Å². The smallest absolute Gasteiger partial charge is 0.0474 e. The van der Waals surface area contributed by atoms with Crippen LogP contribution in [-0.4, -0.2) is 26.3 Å². The molecule has 0 saturated heterocycles. The number of ether oxygens (including phenoxy) is 1. The molecule has 1 N–H and O–H groups in total. The Bertz CT molecular complexity index is 191. The lowest BCUT2D eigenvalue weighted by atomic mass is 9.87. The Morgan fingerprint density at radius 2 is 2.06 bits per heavy atom. The van der Waals surface area contributed by atoms with Crippen LogP contribution in [0.2, 0.25) is 0 Å². The third-order valence-corrected chi connectivity index (χ3v) is 3.11. The fraction of sp³-hybridized carbons (Fsp3) is 0.867. The molecule has 0 bridgehead atoms. The van der Waals surface area contributed by atoms with Crippen LogP contribution in [0.4, 0.5) is 0 Å². The van der Waals surface area contributed by atoms with E-state index in [9.17, 15) is 0 Å². The lowest BCUT2D eigenvalue weighted by molar-refractivity contribution is 0.101. The van der Waals surface area contributed by atoms with Crippen LogP contribution in [0.3, 0.4) is 0 Å². The summed E-state index contributed by atoms with van der Waals surface area (Å²) in [4.78, 5) is 0. The summed E-state index contributed by atoms with van der Waals surface area (Å²) in [5.41, 5.74) is 0.160. The molecule has 0 aromatic heterocycles. The van der Waals surface area contributed by atoms with Gasteiger partial charge in [0.25, 0.3) is 0 Å². The van der Waals surface area contributed by atoms with Crippen molar-refractivity contribution in [2.75, 3.05) is 26.3 Å². The summed E-state index contributed by atoms with van der Waals surface area (Å²) in [6.45, 7) is 16.6. The predicted molar refractivity (Wildman–Crippen MR) is 76.4 cm³/mol. The van der Waals surface area contributed by atoms with Crippen molar-refractivity contribution in [3.8, 4) is 0 Å². The summed E-state index contributed by atoms with van der Waals surface area (Å²) in [6, 6.07) is 0. The van der Waals surface area contributed by atoms with Crippen molar-refractivity contribution in [3.05, 3.63) is 12.7 Å². The highest BCUT2D eigenvalue weighted by atomic mass is 16.5. The quantitative estimate of drug-likeness (QED) is 0.440. The minimum atomic E-state index is 0.160. The van der Waals surface area contributed by atoms with Crippen molar-refractivity contribution >= 4 is 0 Å². The zero-order chi connectivity index (χ0) is 13.1. The molecule has 0 heterocycles. The predicted octanol–water partition coefficient (Wildman–Crippen LogP) is 3.63. The first-order valence-electron chi connectivity index (χ1n) is 6.96. The highest BCUT2D eigenvalue weighted by molar-refractivity contribution is 4.92. The van der Waals surface area contributed by atoms with Gasteiger partial charge in [-0.25, -0.2) is 0 Å². The van der Waals surface area contributed by atoms with E-state index in [-0.39, 0.29) is 5.41 Å². The first-order valence-corrected chi connectivity index (χ1v) is 6.96. The molecule has 0 aromatic rings. The molecule has 0 spiro atoms. The van der Waals surface area contributed by atoms with Crippen molar-refractivity contribution in [1.82, 2.24) is 5.32 Å². The van der Waals surface area contributed by atoms with Crippen molar-refractivity contribution in [2.24, 2.45) is 11.3 Å². The van der Waals surface area contributed by atoms with E-state index in [4.69, 9.17) is 4.74 Å². The first-order chi connectivity index (χ1) is 8.04. The van der Waals surface area contributed by atoms with Gasteiger partial charge in [0.2, 0.25) is 0 Å². The molecule has 2 nitrogen and oxygen atoms in total. The van der Waals surface area contributed by atoms with Crippen molar-refractivity contribution in [2.45, 2.75) is 47.0 Å². The Morgan fingerprint density at radius 1 is 1.35 bits per heavy atom. The second-order valence-electron chi connectivity index (χ2n) is 5.58. The standard InChI is InChI=1S/C15H31NO/c1-6-10-16-13-15(5,7-2)9-12-17-11-8-14(3)4/h7,14,16H,2,6,8-13H2,1,3-5H3. The van der Waals surface area contributed by atoms with E-state index in [1.165, 1.54) is 6.42 Å². The summed E-state index contributed by atoms with van der Waals surface area (Å²) in [7, 11) is 0. The van der Waals surface area contributed by atoms with E-state index in [2.05, 4.69) is 45.7 Å². The molecule has 1 unspecified atom stereocenters. The SMILES string of the molecule is C=CC(C)(CCOCCC(C)C)CNCCC. The van der Waals surface area contributed by atoms with Crippen LogP contribution in [0.15, 0.2) is 12.7 Å². The Morgan fingerprint density at radius 3 is 2.59 bits per heavy atom. The lowest BCUT2D eigenvalue weighted by Gasteiger charge is -2.26. The average molecular weight is 241 g/mol. The second-order valence-corrected chi connectivity index (χ2v) is 5.58. The van der Waals surface area contributed by atoms with Gasteiger partial charge in [-0.1, -0.05) is 33.8 Å². The molecule has 0 radical (unpaired) electrons. The first kappa shape index (κ1) is 16.7. The van der Waals surface area contributed by atoms with Crippen LogP contribution < -0.4 is 5.32 Å². The topological polar surface area (TPSA) is 21.3 Å². The molecule has 0 aliphatic rings. The van der Waals surface area contributed by atoms with Gasteiger partial charge < -0.3 is 10.1 Å². The lowest BCUT2D eigenvalue weighted by Crippen LogP contribution is -2.31. The molecule has 1 atom stereocenters. The van der Waals surface area contributed by atoms with Gasteiger partial charge >= 0.3 is 0 Å². The number of hydrogen-bond donors (Lipinski definition) is 1. The Kier molecular flexibility index (Phi) is 9.47. The molecule has 102 valence electrons. The summed E-state index contributed by atoms with van der Waals surface area (Å²) in [5, 5.41) is 3.46. The van der Waals surface area contributed by atoms with E-state index < -0.39 is 0 Å². The maximum Gasteiger partial charge on any atom is 0.0474 e. The molecule has 0 fully saturated rings. The molecule has 0 aromatic carbocycles. The fourth-order valence-electron chi connectivity index (χ4n) is 1.54. The van der Waals surface area contributed by atoms with Crippen molar-refractivity contribution in [3.63, 3.8) is 0 Å². The van der Waals surface area contributed by atoms with Crippen LogP contribution in [0, 0.1) is 11.3 Å². The number of nitrogens with one attached hydrogen (secondary N) is 1. The van der Waals surface area contributed by atoms with E-state index >= 15 is 0 Å². The fourth-order valence-corrected chi connectivity index (χ4v) is 1.54. The second kappa shape index (κ2) is 9.67. The van der Waals surface area contributed by atoms with Gasteiger partial charge in [0.05, 0.1) is 0 Å². The largest absolute Gasteiger partial charge is 0.381 e. The highest BCUT2D eigenvalue weighted by Crippen LogP contribution is 2.21. The van der Waals surface area contributed by atoms with Crippen LogP contribution >= 0.6 is 0 Å². The van der Waals surface area contributed by atoms with Gasteiger partial charge in [-0.15, -0.1) is 6.58 Å². The van der Waals surface area contributed by atoms with Gasteiger partial charge in [-0.05, 0) is 37.1 Å². The van der Waals surface area contributed by atoms with E-state index in [1.807, 2.05) is 0 Å². The Hall–Kier alpha value is -0.340. The molecular weight excluding hydrogens is 210 g/mol. The summed E-state index contributed by atoms with van der Waals surface area (Å²) in [6.07, 6.45) is 5.43. The molecule has 0 aliphatic heterocycles. The van der Waals surface area contributed by atoms with Crippen LogP contribution in [0.5, 0.6) is 0 Å². The summed E-state index contributed by atoms with van der Waals surface area (Å²) >= 11 is 0. The van der Waals surface area contributed by atoms with Gasteiger partial charge in [0.15, 0.2) is 0 Å². The molecule has 0 saturated carbocycles. The molecular formula is C15H31NO. The average Bonchev–Trinajstić information content (AvgIpc) is 2.28. The van der Waals surface area contributed by atoms with Crippen LogP contribution in [-0.2, 0) is 4.74 Å². The monoisotopic (exact) mass is 241 g/mol. The van der Waals surface area contributed by atoms with Gasteiger partial charge in [-0.2, -0.15) is 0 Å². The molecule has 0 aliphatic carbocycles. The number of rotatable bonds is 11. The van der Waals surface area contributed by atoms with E-state index in [0.29, 0.717) is 0 Å². The zero-order valence-corrected chi connectivity index (χ0v) is 12.2. The third kappa shape index (κ3) is 9.37. The van der Waals surface area contributed by atoms with Gasteiger partial charge in [0, 0.05) is 19.8 Å². The van der Waals surface area contributed by atoms with E-state index in [1.54, 1.807) is 0 Å². The zero-order valence-electron chi connectivity index (χ0n) is 12.2. The maximum atomic E-state index is 5.67. The maximum absolute atomic E-state index is 5.67. The Balaban J connectivity index is 3.68. The van der Waals surface area contributed by atoms with Crippen LogP contribution in [0.25, 0.3) is 0 Å². The Labute approximate surface area is 108 Å². The minimum absolute atomic E-state index is 0.160. The minimum Gasteiger partial charge on any atom is -0.381 e. The molecule has 17 heavy (non-hydrogen) atoms. The molecule has 2 heteroatoms. The molecule has 0 amide bonds. The third-order valence-electron chi connectivity index (χ3n) is 3.11. The normalized spacial score (nSPS) is 14.9. The highest BCUT2D eigenvalue weighted by Gasteiger charge is 2.19. The molecule has 0 rings (SSSR count). The van der Waals surface area contributed by atoms with Crippen molar-refractivity contribution < 1.29 is 4.74 Å². The number of hydrogen-bond acceptors (Lipinski definition) is 2. The summed E-state index contributed by atoms with van der Waals surface area (Å²) < 4.78 is 5.67. The van der Waals surface area contributed by atoms with Crippen molar-refractivity contribution in [1.29, 1.82) is 0 Å². The summed E-state index contributed by atoms with van der Waals surface area (Å²) in [5.74, 6) is 0.729. The van der Waals surface area contributed by atoms with Crippen LogP contribution in [0.1, 0.15) is 47.0 Å². The van der Waals surface area contributed by atoms with E-state index in [0.717, 1.165) is 45.1 Å².